The van der Waals surface area contributed by atoms with Crippen LogP contribution in [0.4, 0.5) is 9.93 Å². The van der Waals surface area contributed by atoms with Gasteiger partial charge < -0.3 is 10.1 Å². The molecular weight excluding hydrogens is 300 g/mol. The number of carbonyl (C=O) groups excluding carboxylic acids is 1. The van der Waals surface area contributed by atoms with Crippen LogP contribution in [0.2, 0.25) is 0 Å². The van der Waals surface area contributed by atoms with E-state index in [-0.39, 0.29) is 12.1 Å². The summed E-state index contributed by atoms with van der Waals surface area (Å²) in [5, 5.41) is 14.9. The monoisotopic (exact) mass is 318 g/mol. The topological polar surface area (TPSA) is 76.1 Å². The van der Waals surface area contributed by atoms with E-state index in [4.69, 9.17) is 4.74 Å². The van der Waals surface area contributed by atoms with Gasteiger partial charge in [0, 0.05) is 12.3 Å². The minimum atomic E-state index is -0.286. The molecule has 1 aromatic heterocycles. The largest absolute Gasteiger partial charge is 0.488 e. The Hall–Kier alpha value is -2.15. The van der Waals surface area contributed by atoms with Crippen LogP contribution in [-0.4, -0.2) is 28.9 Å². The summed E-state index contributed by atoms with van der Waals surface area (Å²) in [5.41, 5.74) is 1.18. The van der Waals surface area contributed by atoms with Crippen LogP contribution in [0.15, 0.2) is 24.3 Å². The summed E-state index contributed by atoms with van der Waals surface area (Å²) in [7, 11) is 0. The highest BCUT2D eigenvalue weighted by molar-refractivity contribution is 7.15. The number of amides is 2. The number of carbonyl (C=O) groups is 1. The van der Waals surface area contributed by atoms with Crippen molar-refractivity contribution >= 4 is 22.5 Å². The zero-order chi connectivity index (χ0) is 15.5. The Labute approximate surface area is 132 Å². The Bertz CT molecular complexity index is 646. The van der Waals surface area contributed by atoms with E-state index in [0.29, 0.717) is 17.6 Å². The van der Waals surface area contributed by atoms with Crippen molar-refractivity contribution in [3.8, 4) is 5.75 Å². The Balaban J connectivity index is 1.47. The first-order valence-electron chi connectivity index (χ1n) is 7.24. The van der Waals surface area contributed by atoms with Crippen LogP contribution in [0.1, 0.15) is 30.3 Å². The van der Waals surface area contributed by atoms with Crippen molar-refractivity contribution in [2.24, 2.45) is 0 Å². The smallest absolute Gasteiger partial charge is 0.321 e. The van der Waals surface area contributed by atoms with Crippen molar-refractivity contribution < 1.29 is 9.53 Å². The number of ether oxygens (including phenoxy) is 1. The van der Waals surface area contributed by atoms with E-state index in [2.05, 4.69) is 20.8 Å². The summed E-state index contributed by atoms with van der Waals surface area (Å²) in [6.07, 6.45) is 0.788. The molecule has 7 heteroatoms. The third-order valence-corrected chi connectivity index (χ3v) is 4.50. The quantitative estimate of drug-likeness (QED) is 0.909. The number of rotatable bonds is 4. The van der Waals surface area contributed by atoms with Gasteiger partial charge in [0.2, 0.25) is 5.13 Å². The second kappa shape index (κ2) is 6.31. The van der Waals surface area contributed by atoms with Gasteiger partial charge in [-0.1, -0.05) is 43.4 Å². The van der Waals surface area contributed by atoms with Gasteiger partial charge in [-0.2, -0.15) is 0 Å². The van der Waals surface area contributed by atoms with Crippen LogP contribution in [-0.2, 0) is 6.42 Å². The number of anilines is 1. The van der Waals surface area contributed by atoms with Crippen LogP contribution >= 0.6 is 11.3 Å². The number of urea groups is 1. The second-order valence-electron chi connectivity index (χ2n) is 5.49. The number of aromatic nitrogens is 2. The Morgan fingerprint density at radius 2 is 2.23 bits per heavy atom. The van der Waals surface area contributed by atoms with Crippen molar-refractivity contribution in [1.29, 1.82) is 0 Å². The van der Waals surface area contributed by atoms with Crippen LogP contribution in [0.25, 0.3) is 0 Å². The van der Waals surface area contributed by atoms with E-state index in [1.807, 2.05) is 38.1 Å². The van der Waals surface area contributed by atoms with Crippen LogP contribution in [0.5, 0.6) is 5.75 Å². The number of nitrogens with zero attached hydrogens (tertiary/aromatic N) is 2. The average molecular weight is 318 g/mol. The average Bonchev–Trinajstić information content (AvgIpc) is 3.11. The third kappa shape index (κ3) is 3.36. The molecular formula is C15H18N4O2S. The minimum absolute atomic E-state index is 0.0243. The fourth-order valence-electron chi connectivity index (χ4n) is 2.23. The highest BCUT2D eigenvalue weighted by Crippen LogP contribution is 2.27. The summed E-state index contributed by atoms with van der Waals surface area (Å²) in [5.74, 6) is 1.21. The second-order valence-corrected chi connectivity index (χ2v) is 6.50. The highest BCUT2D eigenvalue weighted by atomic mass is 32.1. The fraction of sp³-hybridized carbons (Fsp3) is 0.400. The number of hydrogen-bond donors (Lipinski definition) is 2. The lowest BCUT2D eigenvalue weighted by Gasteiger charge is -2.11. The molecule has 1 atom stereocenters. The van der Waals surface area contributed by atoms with E-state index in [0.717, 1.165) is 17.2 Å². The Morgan fingerprint density at radius 1 is 1.41 bits per heavy atom. The molecule has 0 spiro atoms. The molecule has 0 fully saturated rings. The summed E-state index contributed by atoms with van der Waals surface area (Å²) in [4.78, 5) is 11.9. The van der Waals surface area contributed by atoms with Gasteiger partial charge in [0.25, 0.3) is 0 Å². The van der Waals surface area contributed by atoms with Crippen molar-refractivity contribution in [2.45, 2.75) is 32.3 Å². The highest BCUT2D eigenvalue weighted by Gasteiger charge is 2.22. The predicted molar refractivity (Wildman–Crippen MR) is 85.6 cm³/mol. The van der Waals surface area contributed by atoms with E-state index < -0.39 is 0 Å². The molecule has 0 saturated heterocycles. The molecule has 2 heterocycles. The molecule has 1 aromatic carbocycles. The lowest BCUT2D eigenvalue weighted by molar-refractivity contribution is 0.219. The standard InChI is InChI=1S/C15H18N4O2S/c1-9(2)13-18-19-15(22-13)17-14(20)16-8-11-7-10-5-3-4-6-12(10)21-11/h3-6,9,11H,7-8H2,1-2H3,(H2,16,17,19,20). The number of benzene rings is 1. The zero-order valence-corrected chi connectivity index (χ0v) is 13.3. The molecule has 0 bridgehead atoms. The SMILES string of the molecule is CC(C)c1nnc(NC(=O)NCC2Cc3ccccc3O2)s1. The van der Waals surface area contributed by atoms with Gasteiger partial charge >= 0.3 is 6.03 Å². The van der Waals surface area contributed by atoms with Crippen molar-refractivity contribution in [3.05, 3.63) is 34.8 Å². The lowest BCUT2D eigenvalue weighted by Crippen LogP contribution is -2.37. The molecule has 1 aliphatic rings. The van der Waals surface area contributed by atoms with Crippen LogP contribution < -0.4 is 15.4 Å². The predicted octanol–water partition coefficient (Wildman–Crippen LogP) is 2.79. The van der Waals surface area contributed by atoms with Gasteiger partial charge in [-0.15, -0.1) is 10.2 Å². The molecule has 2 aromatic rings. The van der Waals surface area contributed by atoms with E-state index >= 15 is 0 Å². The number of nitrogens with one attached hydrogen (secondary N) is 2. The van der Waals surface area contributed by atoms with Crippen LogP contribution in [0, 0.1) is 0 Å². The first kappa shape index (κ1) is 14.8. The zero-order valence-electron chi connectivity index (χ0n) is 12.5. The molecule has 0 saturated carbocycles. The summed E-state index contributed by atoms with van der Waals surface area (Å²) in [6, 6.07) is 7.65. The molecule has 0 radical (unpaired) electrons. The summed E-state index contributed by atoms with van der Waals surface area (Å²) >= 11 is 1.39. The molecule has 0 aliphatic carbocycles. The van der Waals surface area contributed by atoms with Crippen molar-refractivity contribution in [1.82, 2.24) is 15.5 Å². The maximum absolute atomic E-state index is 11.9. The first-order chi connectivity index (χ1) is 10.6. The molecule has 2 N–H and O–H groups in total. The molecule has 2 amide bonds. The third-order valence-electron chi connectivity index (χ3n) is 3.36. The molecule has 6 nitrogen and oxygen atoms in total. The Kier molecular flexibility index (Phi) is 4.24. The maximum atomic E-state index is 11.9. The maximum Gasteiger partial charge on any atom is 0.321 e. The van der Waals surface area contributed by atoms with Crippen molar-refractivity contribution in [3.63, 3.8) is 0 Å². The first-order valence-corrected chi connectivity index (χ1v) is 8.06. The summed E-state index contributed by atoms with van der Waals surface area (Å²) < 4.78 is 5.78. The molecule has 1 aliphatic heterocycles. The van der Waals surface area contributed by atoms with Crippen LogP contribution in [0.3, 0.4) is 0 Å². The normalized spacial score (nSPS) is 16.2. The summed E-state index contributed by atoms with van der Waals surface area (Å²) in [6.45, 7) is 4.54. The van der Waals surface area contributed by atoms with Gasteiger partial charge in [-0.05, 0) is 11.6 Å². The van der Waals surface area contributed by atoms with Gasteiger partial charge in [0.1, 0.15) is 16.9 Å². The number of hydrogen-bond acceptors (Lipinski definition) is 5. The van der Waals surface area contributed by atoms with Gasteiger partial charge in [-0.25, -0.2) is 4.79 Å². The van der Waals surface area contributed by atoms with Gasteiger partial charge in [-0.3, -0.25) is 5.32 Å². The van der Waals surface area contributed by atoms with Crippen molar-refractivity contribution in [2.75, 3.05) is 11.9 Å². The van der Waals surface area contributed by atoms with E-state index in [1.54, 1.807) is 0 Å². The van der Waals surface area contributed by atoms with E-state index in [9.17, 15) is 4.79 Å². The molecule has 3 rings (SSSR count). The molecule has 116 valence electrons. The molecule has 22 heavy (non-hydrogen) atoms. The number of fused-ring (bicyclic) bond motifs is 1. The molecule has 1 unspecified atom stereocenters. The lowest BCUT2D eigenvalue weighted by atomic mass is 10.1. The van der Waals surface area contributed by atoms with Gasteiger partial charge in [0.15, 0.2) is 0 Å². The fourth-order valence-corrected chi connectivity index (χ4v) is 2.97. The minimum Gasteiger partial charge on any atom is -0.488 e. The van der Waals surface area contributed by atoms with Gasteiger partial charge in [0.05, 0.1) is 6.54 Å². The Morgan fingerprint density at radius 3 is 2.95 bits per heavy atom. The van der Waals surface area contributed by atoms with E-state index in [1.165, 1.54) is 16.9 Å². The number of para-hydroxylation sites is 1.